The van der Waals surface area contributed by atoms with Gasteiger partial charge in [-0.05, 0) is 6.08 Å². The molecular formula is C10H8O2. The smallest absolute Gasteiger partial charge is 0.203 e. The van der Waals surface area contributed by atoms with Gasteiger partial charge < -0.3 is 5.11 Å². The van der Waals surface area contributed by atoms with Crippen molar-refractivity contribution in [1.82, 2.24) is 0 Å². The van der Waals surface area contributed by atoms with Gasteiger partial charge in [0, 0.05) is 11.1 Å². The van der Waals surface area contributed by atoms with Gasteiger partial charge in [-0.1, -0.05) is 30.8 Å². The molecule has 2 heteroatoms. The molecule has 1 atom stereocenters. The summed E-state index contributed by atoms with van der Waals surface area (Å²) < 4.78 is 0. The van der Waals surface area contributed by atoms with Crippen LogP contribution in [0.4, 0.5) is 0 Å². The molecule has 60 valence electrons. The van der Waals surface area contributed by atoms with Crippen molar-refractivity contribution in [3.05, 3.63) is 48.0 Å². The lowest BCUT2D eigenvalue weighted by Crippen LogP contribution is -2.44. The highest BCUT2D eigenvalue weighted by atomic mass is 16.3. The van der Waals surface area contributed by atoms with Crippen LogP contribution in [-0.4, -0.2) is 10.9 Å². The van der Waals surface area contributed by atoms with Crippen LogP contribution in [0.5, 0.6) is 0 Å². The highest BCUT2D eigenvalue weighted by molar-refractivity contribution is 6.13. The van der Waals surface area contributed by atoms with Gasteiger partial charge in [0.25, 0.3) is 0 Å². The fourth-order valence-corrected chi connectivity index (χ4v) is 1.48. The number of Topliss-reactive ketones (excluding diaryl/α,β-unsaturated/α-hetero) is 1. The minimum Gasteiger partial charge on any atom is -0.373 e. The quantitative estimate of drug-likeness (QED) is 0.628. The topological polar surface area (TPSA) is 37.3 Å². The average Bonchev–Trinajstić information content (AvgIpc) is 2.16. The van der Waals surface area contributed by atoms with Gasteiger partial charge >= 0.3 is 0 Å². The van der Waals surface area contributed by atoms with Crippen LogP contribution in [0.1, 0.15) is 15.9 Å². The summed E-state index contributed by atoms with van der Waals surface area (Å²) in [5.74, 6) is -0.256. The summed E-state index contributed by atoms with van der Waals surface area (Å²) in [5, 5.41) is 9.67. The number of carbonyl (C=O) groups excluding carboxylic acids is 1. The zero-order valence-electron chi connectivity index (χ0n) is 6.45. The first-order valence-electron chi connectivity index (χ1n) is 3.70. The van der Waals surface area contributed by atoms with E-state index in [4.69, 9.17) is 0 Å². The maximum absolute atomic E-state index is 11.3. The van der Waals surface area contributed by atoms with Crippen molar-refractivity contribution in [1.29, 1.82) is 0 Å². The average molecular weight is 160 g/mol. The number of hydrogen-bond acceptors (Lipinski definition) is 2. The van der Waals surface area contributed by atoms with Gasteiger partial charge in [-0.15, -0.1) is 0 Å². The fraction of sp³-hybridized carbons (Fsp3) is 0.100. The molecule has 0 bridgehead atoms. The molecule has 0 saturated carbocycles. The molecule has 0 amide bonds. The molecular weight excluding hydrogens is 152 g/mol. The van der Waals surface area contributed by atoms with E-state index in [1.165, 1.54) is 6.08 Å². The third-order valence-corrected chi connectivity index (χ3v) is 2.22. The number of fused-ring (bicyclic) bond motifs is 1. The normalized spacial score (nSPS) is 25.9. The SMILES string of the molecule is C=C[C@@]1(O)C(=O)c2ccccc21. The molecule has 1 N–H and O–H groups in total. The van der Waals surface area contributed by atoms with Crippen molar-refractivity contribution >= 4 is 5.78 Å². The second kappa shape index (κ2) is 2.05. The lowest BCUT2D eigenvalue weighted by Gasteiger charge is -2.34. The van der Waals surface area contributed by atoms with Crippen molar-refractivity contribution in [3.63, 3.8) is 0 Å². The van der Waals surface area contributed by atoms with Crippen molar-refractivity contribution in [2.45, 2.75) is 5.60 Å². The van der Waals surface area contributed by atoms with Crippen LogP contribution >= 0.6 is 0 Å². The molecule has 0 saturated heterocycles. The van der Waals surface area contributed by atoms with Gasteiger partial charge in [-0.2, -0.15) is 0 Å². The molecule has 1 aliphatic carbocycles. The zero-order chi connectivity index (χ0) is 8.77. The number of hydrogen-bond donors (Lipinski definition) is 1. The van der Waals surface area contributed by atoms with Gasteiger partial charge in [-0.3, -0.25) is 4.79 Å². The zero-order valence-corrected chi connectivity index (χ0v) is 6.45. The molecule has 2 rings (SSSR count). The summed E-state index contributed by atoms with van der Waals surface area (Å²) in [6, 6.07) is 7.01. The van der Waals surface area contributed by atoms with Crippen molar-refractivity contribution in [3.8, 4) is 0 Å². The largest absolute Gasteiger partial charge is 0.373 e. The Labute approximate surface area is 70.2 Å². The monoisotopic (exact) mass is 160 g/mol. The summed E-state index contributed by atoms with van der Waals surface area (Å²) in [6.07, 6.45) is 1.28. The third kappa shape index (κ3) is 0.605. The Bertz CT molecular complexity index is 368. The van der Waals surface area contributed by atoms with E-state index in [9.17, 15) is 9.90 Å². The minimum absolute atomic E-state index is 0.256. The van der Waals surface area contributed by atoms with E-state index in [1.54, 1.807) is 24.3 Å². The Hall–Kier alpha value is -1.41. The molecule has 0 aromatic heterocycles. The third-order valence-electron chi connectivity index (χ3n) is 2.22. The predicted molar refractivity (Wildman–Crippen MR) is 44.9 cm³/mol. The van der Waals surface area contributed by atoms with E-state index in [0.29, 0.717) is 11.1 Å². The first-order valence-corrected chi connectivity index (χ1v) is 3.70. The molecule has 0 unspecified atom stereocenters. The number of rotatable bonds is 1. The molecule has 1 aliphatic rings. The second-order valence-corrected chi connectivity index (χ2v) is 2.85. The van der Waals surface area contributed by atoms with E-state index in [2.05, 4.69) is 6.58 Å². The molecule has 0 aliphatic heterocycles. The van der Waals surface area contributed by atoms with Crippen molar-refractivity contribution < 1.29 is 9.90 Å². The standard InChI is InChI=1S/C10H8O2/c1-2-10(12)8-6-4-3-5-7(8)9(10)11/h2-6,12H,1H2/t10-/m0/s1. The Morgan fingerprint density at radius 1 is 1.42 bits per heavy atom. The summed E-state index contributed by atoms with van der Waals surface area (Å²) in [6.45, 7) is 3.43. The molecule has 1 aromatic rings. The Morgan fingerprint density at radius 3 is 2.75 bits per heavy atom. The summed E-state index contributed by atoms with van der Waals surface area (Å²) in [5.41, 5.74) is -0.166. The van der Waals surface area contributed by atoms with E-state index in [1.807, 2.05) is 0 Å². The van der Waals surface area contributed by atoms with Crippen LogP contribution in [0.3, 0.4) is 0 Å². The van der Waals surface area contributed by atoms with Gasteiger partial charge in [0.05, 0.1) is 0 Å². The first kappa shape index (κ1) is 7.25. The van der Waals surface area contributed by atoms with Crippen LogP contribution < -0.4 is 0 Å². The van der Waals surface area contributed by atoms with Crippen LogP contribution in [0, 0.1) is 0 Å². The summed E-state index contributed by atoms with van der Waals surface area (Å²) in [7, 11) is 0. The van der Waals surface area contributed by atoms with E-state index >= 15 is 0 Å². The van der Waals surface area contributed by atoms with E-state index in [-0.39, 0.29) is 5.78 Å². The fourth-order valence-electron chi connectivity index (χ4n) is 1.48. The lowest BCUT2D eigenvalue weighted by atomic mass is 9.72. The van der Waals surface area contributed by atoms with E-state index < -0.39 is 5.60 Å². The van der Waals surface area contributed by atoms with Gasteiger partial charge in [-0.25, -0.2) is 0 Å². The van der Waals surface area contributed by atoms with Crippen LogP contribution in [0.15, 0.2) is 36.9 Å². The molecule has 0 heterocycles. The van der Waals surface area contributed by atoms with Crippen molar-refractivity contribution in [2.24, 2.45) is 0 Å². The number of benzene rings is 1. The highest BCUT2D eigenvalue weighted by Gasteiger charge is 2.47. The van der Waals surface area contributed by atoms with Gasteiger partial charge in [0.15, 0.2) is 5.60 Å². The molecule has 2 nitrogen and oxygen atoms in total. The van der Waals surface area contributed by atoms with Gasteiger partial charge in [0.1, 0.15) is 0 Å². The van der Waals surface area contributed by atoms with Gasteiger partial charge in [0.2, 0.25) is 5.78 Å². The number of ketones is 1. The van der Waals surface area contributed by atoms with Crippen LogP contribution in [-0.2, 0) is 5.60 Å². The molecule has 0 fully saturated rings. The number of aliphatic hydroxyl groups is 1. The highest BCUT2D eigenvalue weighted by Crippen LogP contribution is 2.39. The van der Waals surface area contributed by atoms with Crippen LogP contribution in [0.25, 0.3) is 0 Å². The lowest BCUT2D eigenvalue weighted by molar-refractivity contribution is 0.0412. The molecule has 0 spiro atoms. The van der Waals surface area contributed by atoms with Crippen molar-refractivity contribution in [2.75, 3.05) is 0 Å². The first-order chi connectivity index (χ1) is 5.70. The Kier molecular flexibility index (Phi) is 1.24. The number of carbonyl (C=O) groups is 1. The second-order valence-electron chi connectivity index (χ2n) is 2.85. The minimum atomic E-state index is -1.42. The van der Waals surface area contributed by atoms with Crippen LogP contribution in [0.2, 0.25) is 0 Å². The maximum atomic E-state index is 11.3. The predicted octanol–water partition coefficient (Wildman–Crippen LogP) is 1.26. The molecule has 12 heavy (non-hydrogen) atoms. The molecule has 1 aromatic carbocycles. The molecule has 0 radical (unpaired) electrons. The Balaban J connectivity index is 2.64. The Morgan fingerprint density at radius 2 is 2.08 bits per heavy atom. The summed E-state index contributed by atoms with van der Waals surface area (Å²) >= 11 is 0. The van der Waals surface area contributed by atoms with E-state index in [0.717, 1.165) is 0 Å². The maximum Gasteiger partial charge on any atom is 0.203 e. The summed E-state index contributed by atoms with van der Waals surface area (Å²) in [4.78, 5) is 11.3.